The smallest absolute Gasteiger partial charge is 0.350 e. The molecule has 3 aromatic carbocycles. The first-order chi connectivity index (χ1) is 19.0. The maximum Gasteiger partial charge on any atom is 0.418 e. The summed E-state index contributed by atoms with van der Waals surface area (Å²) < 4.78 is 57.8. The van der Waals surface area contributed by atoms with E-state index in [2.05, 4.69) is 11.6 Å². The van der Waals surface area contributed by atoms with Gasteiger partial charge in [-0.1, -0.05) is 48.5 Å². The van der Waals surface area contributed by atoms with E-state index in [0.29, 0.717) is 25.0 Å². The summed E-state index contributed by atoms with van der Waals surface area (Å²) in [6.07, 6.45) is -3.54. The molecule has 0 N–H and O–H groups in total. The average Bonchev–Trinajstić information content (AvgIpc) is 2.92. The van der Waals surface area contributed by atoms with E-state index in [4.69, 9.17) is 11.6 Å². The molecule has 0 unspecified atom stereocenters. The van der Waals surface area contributed by atoms with Crippen LogP contribution in [0, 0.1) is 5.82 Å². The van der Waals surface area contributed by atoms with Crippen molar-refractivity contribution in [3.63, 3.8) is 0 Å². The minimum atomic E-state index is -4.76. The molecule has 0 aliphatic carbocycles. The first-order valence-corrected chi connectivity index (χ1v) is 12.7. The van der Waals surface area contributed by atoms with Gasteiger partial charge in [-0.15, -0.1) is 0 Å². The van der Waals surface area contributed by atoms with Crippen molar-refractivity contribution >= 4 is 34.2 Å². The average molecular weight is 571 g/mol. The second-order valence-corrected chi connectivity index (χ2v) is 9.84. The summed E-state index contributed by atoms with van der Waals surface area (Å²) in [5.41, 5.74) is -1.98. The maximum absolute atomic E-state index is 14.8. The molecule has 1 aliphatic heterocycles. The molecule has 0 bridgehead atoms. The Morgan fingerprint density at radius 1 is 1.07 bits per heavy atom. The Bertz CT molecular complexity index is 1700. The number of nitrogens with zero attached hydrogens (tertiary/aromatic N) is 4. The summed E-state index contributed by atoms with van der Waals surface area (Å²) in [5.74, 6) is -0.610. The van der Waals surface area contributed by atoms with Gasteiger partial charge < -0.3 is 9.80 Å². The highest BCUT2D eigenvalue weighted by molar-refractivity contribution is 6.34. The third-order valence-electron chi connectivity index (χ3n) is 6.96. The van der Waals surface area contributed by atoms with Crippen molar-refractivity contribution in [2.24, 2.45) is 0 Å². The lowest BCUT2D eigenvalue weighted by atomic mass is 10.0. The second-order valence-electron chi connectivity index (χ2n) is 9.43. The van der Waals surface area contributed by atoms with Crippen LogP contribution in [-0.2, 0) is 11.0 Å². The van der Waals surface area contributed by atoms with Gasteiger partial charge in [0.1, 0.15) is 11.6 Å². The van der Waals surface area contributed by atoms with Gasteiger partial charge in [-0.05, 0) is 43.3 Å². The highest BCUT2D eigenvalue weighted by atomic mass is 35.5. The third-order valence-corrected chi connectivity index (χ3v) is 7.27. The molecule has 206 valence electrons. The molecule has 0 saturated carbocycles. The predicted molar refractivity (Wildman–Crippen MR) is 146 cm³/mol. The largest absolute Gasteiger partial charge is 0.418 e. The Balaban J connectivity index is 1.80. The van der Waals surface area contributed by atoms with Crippen molar-refractivity contribution in [3.05, 3.63) is 100 Å². The van der Waals surface area contributed by atoms with E-state index < -0.39 is 28.9 Å². The molecule has 5 rings (SSSR count). The summed E-state index contributed by atoms with van der Waals surface area (Å²) in [5, 5.41) is 0.431. The zero-order valence-electron chi connectivity index (χ0n) is 21.3. The van der Waals surface area contributed by atoms with Crippen LogP contribution in [0.4, 0.5) is 23.4 Å². The van der Waals surface area contributed by atoms with Crippen LogP contribution >= 0.6 is 11.6 Å². The van der Waals surface area contributed by atoms with Crippen molar-refractivity contribution in [1.29, 1.82) is 0 Å². The number of carbonyl (C=O) groups is 1. The number of aromatic nitrogens is 2. The number of hydrogen-bond acceptors (Lipinski definition) is 4. The molecule has 1 aromatic heterocycles. The molecule has 1 saturated heterocycles. The van der Waals surface area contributed by atoms with Crippen molar-refractivity contribution in [2.75, 3.05) is 24.5 Å². The summed E-state index contributed by atoms with van der Waals surface area (Å²) >= 11 is 6.64. The zero-order valence-corrected chi connectivity index (χ0v) is 22.0. The van der Waals surface area contributed by atoms with Gasteiger partial charge in [-0.25, -0.2) is 9.18 Å². The molecule has 1 amide bonds. The lowest BCUT2D eigenvalue weighted by molar-refractivity contribution is -0.137. The zero-order chi connectivity index (χ0) is 28.8. The number of carbonyl (C=O) groups excluding carboxylic acids is 1. The van der Waals surface area contributed by atoms with E-state index in [0.717, 1.165) is 10.6 Å². The first kappa shape index (κ1) is 27.4. The lowest BCUT2D eigenvalue weighted by Gasteiger charge is -2.40. The third kappa shape index (κ3) is 4.83. The molecule has 1 atom stereocenters. The number of halogens is 5. The van der Waals surface area contributed by atoms with Gasteiger partial charge in [-0.2, -0.15) is 18.2 Å². The molecule has 40 heavy (non-hydrogen) atoms. The van der Waals surface area contributed by atoms with Gasteiger partial charge in [0.2, 0.25) is 5.91 Å². The van der Waals surface area contributed by atoms with E-state index in [-0.39, 0.29) is 39.4 Å². The summed E-state index contributed by atoms with van der Waals surface area (Å²) in [4.78, 5) is 33.4. The van der Waals surface area contributed by atoms with Crippen LogP contribution in [0.5, 0.6) is 0 Å². The SMILES string of the molecule is C=CC(=O)N1CCN(c2nc(=O)n(-c3ccccc3C(F)(F)F)c3cc(-c4ccccc4F)c(Cl)cc23)[C@@H](C)C1. The summed E-state index contributed by atoms with van der Waals surface area (Å²) in [6, 6.07) is 13.1. The molecular weight excluding hydrogens is 548 g/mol. The van der Waals surface area contributed by atoms with Gasteiger partial charge in [-0.3, -0.25) is 9.36 Å². The molecule has 0 spiro atoms. The normalized spacial score (nSPS) is 15.9. The number of alkyl halides is 3. The van der Waals surface area contributed by atoms with Gasteiger partial charge in [0, 0.05) is 47.2 Å². The molecule has 2 heterocycles. The fourth-order valence-electron chi connectivity index (χ4n) is 5.08. The Morgan fingerprint density at radius 2 is 1.77 bits per heavy atom. The van der Waals surface area contributed by atoms with Crippen molar-refractivity contribution in [2.45, 2.75) is 19.1 Å². The maximum atomic E-state index is 14.8. The number of anilines is 1. The number of benzene rings is 3. The van der Waals surface area contributed by atoms with Crippen LogP contribution in [-0.4, -0.2) is 46.0 Å². The Morgan fingerprint density at radius 3 is 2.45 bits per heavy atom. The molecule has 11 heteroatoms. The van der Waals surface area contributed by atoms with Crippen LogP contribution in [0.3, 0.4) is 0 Å². The van der Waals surface area contributed by atoms with E-state index in [1.165, 1.54) is 54.6 Å². The van der Waals surface area contributed by atoms with Gasteiger partial charge in [0.15, 0.2) is 0 Å². The number of fused-ring (bicyclic) bond motifs is 1. The number of amides is 1. The fourth-order valence-corrected chi connectivity index (χ4v) is 5.34. The van der Waals surface area contributed by atoms with Gasteiger partial charge in [0.05, 0.1) is 16.8 Å². The molecule has 1 aliphatic rings. The van der Waals surface area contributed by atoms with Crippen LogP contribution < -0.4 is 10.6 Å². The highest BCUT2D eigenvalue weighted by Gasteiger charge is 2.35. The number of piperazine rings is 1. The Labute approximate surface area is 231 Å². The lowest BCUT2D eigenvalue weighted by Crippen LogP contribution is -2.54. The molecule has 0 radical (unpaired) electrons. The quantitative estimate of drug-likeness (QED) is 0.220. The minimum absolute atomic E-state index is 0.0751. The van der Waals surface area contributed by atoms with E-state index in [1.807, 2.05) is 11.8 Å². The van der Waals surface area contributed by atoms with E-state index in [9.17, 15) is 27.2 Å². The van der Waals surface area contributed by atoms with E-state index in [1.54, 1.807) is 11.0 Å². The Hall–Kier alpha value is -4.18. The van der Waals surface area contributed by atoms with Crippen LogP contribution in [0.2, 0.25) is 5.02 Å². The minimum Gasteiger partial charge on any atom is -0.350 e. The standard InChI is InChI=1S/C29H23ClF4N4O2/c1-3-26(39)36-12-13-37(17(2)16-36)27-20-14-22(30)19(18-8-4-6-10-23(18)31)15-25(20)38(28(40)35-27)24-11-7-5-9-21(24)29(32,33)34/h3-11,14-15,17H,1,12-13,16H2,2H3/t17-/m0/s1. The van der Waals surface area contributed by atoms with Crippen molar-refractivity contribution in [1.82, 2.24) is 14.5 Å². The summed E-state index contributed by atoms with van der Waals surface area (Å²) in [7, 11) is 0. The number of para-hydroxylation sites is 1. The molecule has 1 fully saturated rings. The Kier molecular flexibility index (Phi) is 7.14. The fraction of sp³-hybridized carbons (Fsp3) is 0.207. The number of hydrogen-bond donors (Lipinski definition) is 0. The summed E-state index contributed by atoms with van der Waals surface area (Å²) in [6.45, 7) is 6.30. The second kappa shape index (κ2) is 10.4. The number of rotatable bonds is 4. The van der Waals surface area contributed by atoms with Crippen LogP contribution in [0.25, 0.3) is 27.7 Å². The van der Waals surface area contributed by atoms with Crippen molar-refractivity contribution in [3.8, 4) is 16.8 Å². The molecular formula is C29H23ClF4N4O2. The monoisotopic (exact) mass is 570 g/mol. The predicted octanol–water partition coefficient (Wildman–Crippen LogP) is 6.09. The topological polar surface area (TPSA) is 58.4 Å². The molecule has 4 aromatic rings. The highest BCUT2D eigenvalue weighted by Crippen LogP contribution is 2.39. The van der Waals surface area contributed by atoms with Crippen molar-refractivity contribution < 1.29 is 22.4 Å². The van der Waals surface area contributed by atoms with E-state index >= 15 is 0 Å². The van der Waals surface area contributed by atoms with Gasteiger partial charge >= 0.3 is 11.9 Å². The van der Waals surface area contributed by atoms with Crippen LogP contribution in [0.1, 0.15) is 12.5 Å². The van der Waals surface area contributed by atoms with Crippen LogP contribution in [0.15, 0.2) is 78.1 Å². The molecule has 6 nitrogen and oxygen atoms in total. The first-order valence-electron chi connectivity index (χ1n) is 12.4. The van der Waals surface area contributed by atoms with Gasteiger partial charge in [0.25, 0.3) is 0 Å².